The first-order valence-corrected chi connectivity index (χ1v) is 7.17. The number of pyridine rings is 1. The van der Waals surface area contributed by atoms with Crippen LogP contribution in [0, 0.1) is 0 Å². The molecule has 0 saturated heterocycles. The number of esters is 1. The van der Waals surface area contributed by atoms with Crippen LogP contribution in [0.5, 0.6) is 0 Å². The van der Waals surface area contributed by atoms with E-state index in [2.05, 4.69) is 9.98 Å². The number of carbonyl (C=O) groups excluding carboxylic acids is 1. The lowest BCUT2D eigenvalue weighted by molar-refractivity contribution is 0.0526. The molecule has 1 aromatic carbocycles. The largest absolute Gasteiger partial charge is 0.474 e. The van der Waals surface area contributed by atoms with Crippen molar-refractivity contribution in [1.82, 2.24) is 4.98 Å². The van der Waals surface area contributed by atoms with Crippen molar-refractivity contribution in [3.63, 3.8) is 0 Å². The Morgan fingerprint density at radius 2 is 2.09 bits per heavy atom. The van der Waals surface area contributed by atoms with Crippen molar-refractivity contribution < 1.29 is 14.3 Å². The smallest absolute Gasteiger partial charge is 0.339 e. The monoisotopic (exact) mass is 296 g/mol. The molecule has 5 nitrogen and oxygen atoms in total. The van der Waals surface area contributed by atoms with Gasteiger partial charge in [-0.2, -0.15) is 0 Å². The Balaban J connectivity index is 1.76. The van der Waals surface area contributed by atoms with Crippen molar-refractivity contribution in [3.05, 3.63) is 65.5 Å². The van der Waals surface area contributed by atoms with Gasteiger partial charge in [0.1, 0.15) is 18.3 Å². The Morgan fingerprint density at radius 1 is 1.27 bits per heavy atom. The fourth-order valence-electron chi connectivity index (χ4n) is 2.22. The number of aliphatic imine (C=N–C) groups is 1. The molecule has 2 aromatic rings. The molecule has 2 heterocycles. The van der Waals surface area contributed by atoms with E-state index in [4.69, 9.17) is 9.47 Å². The van der Waals surface area contributed by atoms with Crippen LogP contribution < -0.4 is 0 Å². The van der Waals surface area contributed by atoms with Crippen LogP contribution in [-0.2, 0) is 9.47 Å². The third-order valence-corrected chi connectivity index (χ3v) is 3.33. The van der Waals surface area contributed by atoms with E-state index in [1.165, 1.54) is 6.20 Å². The Kier molecular flexibility index (Phi) is 4.14. The Morgan fingerprint density at radius 3 is 2.77 bits per heavy atom. The van der Waals surface area contributed by atoms with Gasteiger partial charge in [0.05, 0.1) is 12.2 Å². The first kappa shape index (κ1) is 14.3. The molecule has 0 radical (unpaired) electrons. The number of carbonyl (C=O) groups is 1. The summed E-state index contributed by atoms with van der Waals surface area (Å²) in [6, 6.07) is 13.4. The van der Waals surface area contributed by atoms with Crippen molar-refractivity contribution >= 4 is 11.9 Å². The van der Waals surface area contributed by atoms with E-state index in [1.54, 1.807) is 19.1 Å². The van der Waals surface area contributed by atoms with E-state index >= 15 is 0 Å². The van der Waals surface area contributed by atoms with Crippen LogP contribution in [0.1, 0.15) is 34.6 Å². The standard InChI is InChI=1S/C17H16N2O3/c1-2-21-17(20)13-8-9-14(18-10-13)16-19-15(11-22-16)12-6-4-3-5-7-12/h3-10,15H,2,11H2,1H3. The topological polar surface area (TPSA) is 60.8 Å². The first-order valence-electron chi connectivity index (χ1n) is 7.17. The summed E-state index contributed by atoms with van der Waals surface area (Å²) < 4.78 is 10.6. The van der Waals surface area contributed by atoms with Gasteiger partial charge in [-0.25, -0.2) is 9.79 Å². The molecule has 0 saturated carbocycles. The molecule has 1 unspecified atom stereocenters. The molecule has 112 valence electrons. The fraction of sp³-hybridized carbons (Fsp3) is 0.235. The van der Waals surface area contributed by atoms with Crippen LogP contribution in [0.15, 0.2) is 53.7 Å². The molecule has 0 amide bonds. The highest BCUT2D eigenvalue weighted by molar-refractivity contribution is 5.95. The van der Waals surface area contributed by atoms with Gasteiger partial charge >= 0.3 is 5.97 Å². The molecule has 1 aliphatic heterocycles. The SMILES string of the molecule is CCOC(=O)c1ccc(C2=NC(c3ccccc3)CO2)nc1. The highest BCUT2D eigenvalue weighted by atomic mass is 16.5. The summed E-state index contributed by atoms with van der Waals surface area (Å²) in [5.41, 5.74) is 2.15. The van der Waals surface area contributed by atoms with Gasteiger partial charge in [0.25, 0.3) is 0 Å². The molecule has 0 bridgehead atoms. The number of hydrogen-bond donors (Lipinski definition) is 0. The molecule has 0 aliphatic carbocycles. The van der Waals surface area contributed by atoms with Gasteiger partial charge < -0.3 is 9.47 Å². The van der Waals surface area contributed by atoms with Crippen LogP contribution in [-0.4, -0.2) is 30.1 Å². The first-order chi connectivity index (χ1) is 10.8. The molecule has 1 aromatic heterocycles. The fourth-order valence-corrected chi connectivity index (χ4v) is 2.22. The third-order valence-electron chi connectivity index (χ3n) is 3.33. The van der Waals surface area contributed by atoms with Gasteiger partial charge in [0, 0.05) is 6.20 Å². The summed E-state index contributed by atoms with van der Waals surface area (Å²) in [4.78, 5) is 20.4. The molecule has 0 fully saturated rings. The predicted octanol–water partition coefficient (Wildman–Crippen LogP) is 2.78. The average molecular weight is 296 g/mol. The van der Waals surface area contributed by atoms with E-state index in [-0.39, 0.29) is 12.0 Å². The van der Waals surface area contributed by atoms with Crippen molar-refractivity contribution in [2.75, 3.05) is 13.2 Å². The molecule has 5 heteroatoms. The lowest BCUT2D eigenvalue weighted by atomic mass is 10.1. The summed E-state index contributed by atoms with van der Waals surface area (Å²) >= 11 is 0. The highest BCUT2D eigenvalue weighted by Crippen LogP contribution is 2.24. The van der Waals surface area contributed by atoms with Crippen molar-refractivity contribution in [2.24, 2.45) is 4.99 Å². The summed E-state index contributed by atoms with van der Waals surface area (Å²) in [7, 11) is 0. The quantitative estimate of drug-likeness (QED) is 0.814. The highest BCUT2D eigenvalue weighted by Gasteiger charge is 2.22. The maximum Gasteiger partial charge on any atom is 0.339 e. The zero-order valence-electron chi connectivity index (χ0n) is 12.2. The van der Waals surface area contributed by atoms with Crippen molar-refractivity contribution in [2.45, 2.75) is 13.0 Å². The molecule has 1 aliphatic rings. The summed E-state index contributed by atoms with van der Waals surface area (Å²) in [5.74, 6) is 0.127. The van der Waals surface area contributed by atoms with Gasteiger partial charge in [0.2, 0.25) is 5.90 Å². The second-order valence-corrected chi connectivity index (χ2v) is 4.82. The van der Waals surface area contributed by atoms with E-state index in [0.29, 0.717) is 30.4 Å². The molecule has 22 heavy (non-hydrogen) atoms. The minimum atomic E-state index is -0.377. The predicted molar refractivity (Wildman–Crippen MR) is 81.9 cm³/mol. The molecule has 0 spiro atoms. The van der Waals surface area contributed by atoms with Crippen LogP contribution in [0.3, 0.4) is 0 Å². The third kappa shape index (κ3) is 2.98. The van der Waals surface area contributed by atoms with Crippen molar-refractivity contribution in [3.8, 4) is 0 Å². The molecule has 0 N–H and O–H groups in total. The maximum atomic E-state index is 11.6. The summed E-state index contributed by atoms with van der Waals surface area (Å²) in [6.45, 7) is 2.61. The average Bonchev–Trinajstić information content (AvgIpc) is 3.06. The van der Waals surface area contributed by atoms with Crippen LogP contribution in [0.2, 0.25) is 0 Å². The van der Waals surface area contributed by atoms with Gasteiger partial charge in [-0.05, 0) is 24.6 Å². The minimum absolute atomic E-state index is 0.0114. The van der Waals surface area contributed by atoms with Crippen LogP contribution in [0.4, 0.5) is 0 Å². The van der Waals surface area contributed by atoms with Crippen molar-refractivity contribution in [1.29, 1.82) is 0 Å². The van der Waals surface area contributed by atoms with Gasteiger partial charge in [0.15, 0.2) is 0 Å². The molecular weight excluding hydrogens is 280 g/mol. The lowest BCUT2D eigenvalue weighted by Crippen LogP contribution is -2.08. The Labute approximate surface area is 128 Å². The Hall–Kier alpha value is -2.69. The minimum Gasteiger partial charge on any atom is -0.474 e. The van der Waals surface area contributed by atoms with Gasteiger partial charge in [-0.15, -0.1) is 0 Å². The van der Waals surface area contributed by atoms with E-state index < -0.39 is 0 Å². The van der Waals surface area contributed by atoms with Gasteiger partial charge in [-0.3, -0.25) is 4.98 Å². The van der Waals surface area contributed by atoms with E-state index in [0.717, 1.165) is 5.56 Å². The number of rotatable bonds is 4. The van der Waals surface area contributed by atoms with Crippen LogP contribution in [0.25, 0.3) is 0 Å². The summed E-state index contributed by atoms with van der Waals surface area (Å²) in [6.07, 6.45) is 1.48. The maximum absolute atomic E-state index is 11.6. The second-order valence-electron chi connectivity index (χ2n) is 4.82. The number of hydrogen-bond acceptors (Lipinski definition) is 5. The Bertz CT molecular complexity index is 681. The number of aromatic nitrogens is 1. The molecule has 3 rings (SSSR count). The molecular formula is C17H16N2O3. The number of nitrogens with zero attached hydrogens (tertiary/aromatic N) is 2. The zero-order valence-corrected chi connectivity index (χ0v) is 12.2. The normalized spacial score (nSPS) is 16.8. The van der Waals surface area contributed by atoms with E-state index in [9.17, 15) is 4.79 Å². The number of ether oxygens (including phenoxy) is 2. The number of benzene rings is 1. The molecule has 1 atom stereocenters. The second kappa shape index (κ2) is 6.39. The van der Waals surface area contributed by atoms with E-state index in [1.807, 2.05) is 30.3 Å². The van der Waals surface area contributed by atoms with Gasteiger partial charge in [-0.1, -0.05) is 30.3 Å². The van der Waals surface area contributed by atoms with Crippen LogP contribution >= 0.6 is 0 Å². The zero-order chi connectivity index (χ0) is 15.4. The lowest BCUT2D eigenvalue weighted by Gasteiger charge is -2.03. The summed E-state index contributed by atoms with van der Waals surface area (Å²) in [5, 5.41) is 0.